The molecule has 1 atom stereocenters. The molecule has 0 bridgehead atoms. The normalized spacial score (nSPS) is 27.1. The molecular formula is C16H30O. The Kier molecular flexibility index (Phi) is 6.22. The minimum Gasteiger partial charge on any atom is -0.299 e. The van der Waals surface area contributed by atoms with E-state index >= 15 is 0 Å². The van der Waals surface area contributed by atoms with Gasteiger partial charge in [-0.15, -0.1) is 0 Å². The summed E-state index contributed by atoms with van der Waals surface area (Å²) in [5, 5.41) is 0. The summed E-state index contributed by atoms with van der Waals surface area (Å²) in [5.74, 6) is 3.20. The first-order valence-electron chi connectivity index (χ1n) is 7.57. The third-order valence-corrected chi connectivity index (χ3v) is 4.50. The maximum absolute atomic E-state index is 12.2. The zero-order chi connectivity index (χ0) is 12.8. The zero-order valence-electron chi connectivity index (χ0n) is 12.2. The van der Waals surface area contributed by atoms with E-state index in [0.717, 1.165) is 31.1 Å². The summed E-state index contributed by atoms with van der Waals surface area (Å²) in [6.07, 6.45) is 8.08. The average molecular weight is 238 g/mol. The summed E-state index contributed by atoms with van der Waals surface area (Å²) in [7, 11) is 0. The van der Waals surface area contributed by atoms with Crippen LogP contribution in [0.4, 0.5) is 0 Å². The van der Waals surface area contributed by atoms with Gasteiger partial charge in [-0.25, -0.2) is 0 Å². The summed E-state index contributed by atoms with van der Waals surface area (Å²) in [6.45, 7) is 9.06. The van der Waals surface area contributed by atoms with E-state index in [1.165, 1.54) is 25.7 Å². The third kappa shape index (κ3) is 4.81. The fraction of sp³-hybridized carbons (Fsp3) is 0.938. The minimum atomic E-state index is 0.393. The molecule has 0 spiro atoms. The number of carbonyl (C=O) groups excluding carboxylic acids is 1. The molecular weight excluding hydrogens is 208 g/mol. The van der Waals surface area contributed by atoms with E-state index in [4.69, 9.17) is 0 Å². The molecule has 0 N–H and O–H groups in total. The lowest BCUT2D eigenvalue weighted by Gasteiger charge is -2.30. The quantitative estimate of drug-likeness (QED) is 0.647. The van der Waals surface area contributed by atoms with E-state index in [-0.39, 0.29) is 0 Å². The highest BCUT2D eigenvalue weighted by Crippen LogP contribution is 2.34. The monoisotopic (exact) mass is 238 g/mol. The molecule has 100 valence electrons. The number of ketones is 1. The average Bonchev–Trinajstić information content (AvgIpc) is 2.29. The Labute approximate surface area is 107 Å². The molecule has 1 rings (SSSR count). The van der Waals surface area contributed by atoms with Crippen molar-refractivity contribution < 1.29 is 4.79 Å². The summed E-state index contributed by atoms with van der Waals surface area (Å²) < 4.78 is 0. The van der Waals surface area contributed by atoms with Crippen molar-refractivity contribution in [1.29, 1.82) is 0 Å². The summed E-state index contributed by atoms with van der Waals surface area (Å²) in [5.41, 5.74) is 0. The molecule has 0 aromatic carbocycles. The van der Waals surface area contributed by atoms with E-state index in [9.17, 15) is 4.79 Å². The molecule has 0 amide bonds. The maximum atomic E-state index is 12.2. The van der Waals surface area contributed by atoms with Crippen LogP contribution in [-0.4, -0.2) is 5.78 Å². The van der Waals surface area contributed by atoms with Crippen LogP contribution in [0.15, 0.2) is 0 Å². The van der Waals surface area contributed by atoms with Crippen LogP contribution in [0.3, 0.4) is 0 Å². The van der Waals surface area contributed by atoms with Crippen molar-refractivity contribution in [3.8, 4) is 0 Å². The van der Waals surface area contributed by atoms with Crippen LogP contribution in [0.5, 0.6) is 0 Å². The number of carbonyl (C=O) groups is 1. The molecule has 1 heteroatoms. The Balaban J connectivity index is 2.30. The van der Waals surface area contributed by atoms with Crippen molar-refractivity contribution in [3.63, 3.8) is 0 Å². The highest BCUT2D eigenvalue weighted by Gasteiger charge is 2.27. The van der Waals surface area contributed by atoms with Crippen molar-refractivity contribution >= 4 is 5.78 Å². The predicted octanol–water partition coefficient (Wildman–Crippen LogP) is 4.84. The smallest absolute Gasteiger partial charge is 0.136 e. The molecule has 1 aliphatic carbocycles. The first-order chi connectivity index (χ1) is 8.04. The molecule has 1 saturated carbocycles. The van der Waals surface area contributed by atoms with Crippen LogP contribution >= 0.6 is 0 Å². The van der Waals surface area contributed by atoms with E-state index in [1.54, 1.807) is 0 Å². The van der Waals surface area contributed by atoms with Gasteiger partial charge in [0.25, 0.3) is 0 Å². The van der Waals surface area contributed by atoms with Crippen molar-refractivity contribution in [2.75, 3.05) is 0 Å². The lowest BCUT2D eigenvalue weighted by atomic mass is 9.74. The molecule has 1 fully saturated rings. The molecule has 1 unspecified atom stereocenters. The van der Waals surface area contributed by atoms with Crippen molar-refractivity contribution in [2.24, 2.45) is 23.7 Å². The second-order valence-electron chi connectivity index (χ2n) is 6.42. The molecule has 0 aromatic heterocycles. The summed E-state index contributed by atoms with van der Waals surface area (Å²) >= 11 is 0. The Bertz CT molecular complexity index is 224. The van der Waals surface area contributed by atoms with Crippen LogP contribution in [0.25, 0.3) is 0 Å². The fourth-order valence-electron chi connectivity index (χ4n) is 3.21. The molecule has 0 aliphatic heterocycles. The van der Waals surface area contributed by atoms with Gasteiger partial charge in [0.2, 0.25) is 0 Å². The fourth-order valence-corrected chi connectivity index (χ4v) is 3.21. The number of hydrogen-bond donors (Lipinski definition) is 0. The lowest BCUT2D eigenvalue weighted by molar-refractivity contribution is -0.125. The Hall–Kier alpha value is -0.330. The highest BCUT2D eigenvalue weighted by molar-refractivity contribution is 5.81. The van der Waals surface area contributed by atoms with E-state index in [0.29, 0.717) is 17.6 Å². The molecule has 0 aromatic rings. The van der Waals surface area contributed by atoms with Crippen molar-refractivity contribution in [2.45, 2.75) is 72.6 Å². The van der Waals surface area contributed by atoms with E-state index < -0.39 is 0 Å². The summed E-state index contributed by atoms with van der Waals surface area (Å²) in [6, 6.07) is 0. The second-order valence-corrected chi connectivity index (χ2v) is 6.42. The maximum Gasteiger partial charge on any atom is 0.136 e. The number of hydrogen-bond acceptors (Lipinski definition) is 1. The van der Waals surface area contributed by atoms with Gasteiger partial charge in [0.1, 0.15) is 5.78 Å². The van der Waals surface area contributed by atoms with Crippen LogP contribution in [0.2, 0.25) is 0 Å². The first kappa shape index (κ1) is 14.7. The van der Waals surface area contributed by atoms with Gasteiger partial charge in [0.15, 0.2) is 0 Å². The van der Waals surface area contributed by atoms with E-state index in [2.05, 4.69) is 27.7 Å². The van der Waals surface area contributed by atoms with Gasteiger partial charge in [-0.2, -0.15) is 0 Å². The molecule has 0 radical (unpaired) electrons. The second kappa shape index (κ2) is 7.18. The predicted molar refractivity (Wildman–Crippen MR) is 74.0 cm³/mol. The molecule has 1 nitrogen and oxygen atoms in total. The Morgan fingerprint density at radius 1 is 1.12 bits per heavy atom. The van der Waals surface area contributed by atoms with Gasteiger partial charge in [-0.3, -0.25) is 4.79 Å². The van der Waals surface area contributed by atoms with Crippen LogP contribution in [-0.2, 0) is 4.79 Å². The van der Waals surface area contributed by atoms with Gasteiger partial charge in [-0.1, -0.05) is 40.5 Å². The van der Waals surface area contributed by atoms with E-state index in [1.807, 2.05) is 0 Å². The minimum absolute atomic E-state index is 0.393. The molecule has 1 aliphatic rings. The van der Waals surface area contributed by atoms with Crippen LogP contribution in [0, 0.1) is 23.7 Å². The Morgan fingerprint density at radius 3 is 2.18 bits per heavy atom. The van der Waals surface area contributed by atoms with Crippen LogP contribution < -0.4 is 0 Å². The first-order valence-corrected chi connectivity index (χ1v) is 7.57. The Morgan fingerprint density at radius 2 is 1.71 bits per heavy atom. The van der Waals surface area contributed by atoms with Crippen molar-refractivity contribution in [1.82, 2.24) is 0 Å². The van der Waals surface area contributed by atoms with Gasteiger partial charge < -0.3 is 0 Å². The van der Waals surface area contributed by atoms with Gasteiger partial charge in [0.05, 0.1) is 0 Å². The van der Waals surface area contributed by atoms with Gasteiger partial charge >= 0.3 is 0 Å². The lowest BCUT2D eigenvalue weighted by Crippen LogP contribution is -2.25. The molecule has 0 heterocycles. The summed E-state index contributed by atoms with van der Waals surface area (Å²) in [4.78, 5) is 12.2. The topological polar surface area (TPSA) is 17.1 Å². The van der Waals surface area contributed by atoms with Crippen molar-refractivity contribution in [3.05, 3.63) is 0 Å². The highest BCUT2D eigenvalue weighted by atomic mass is 16.1. The molecule has 17 heavy (non-hydrogen) atoms. The third-order valence-electron chi connectivity index (χ3n) is 4.50. The van der Waals surface area contributed by atoms with Crippen LogP contribution in [0.1, 0.15) is 72.6 Å². The molecule has 0 saturated heterocycles. The number of rotatable bonds is 6. The van der Waals surface area contributed by atoms with Gasteiger partial charge in [-0.05, 0) is 43.4 Å². The number of Topliss-reactive ketones (excluding diaryl/α,β-unsaturated/α-hetero) is 1. The van der Waals surface area contributed by atoms with Gasteiger partial charge in [0, 0.05) is 12.3 Å². The standard InChI is InChI=1S/C16H30O/c1-5-6-13(4)11-16(17)15-9-7-14(8-10-15)12(2)3/h12-15H,5-11H2,1-4H3. The largest absolute Gasteiger partial charge is 0.299 e. The SMILES string of the molecule is CCCC(C)CC(=O)C1CCC(C(C)C)CC1. The zero-order valence-corrected chi connectivity index (χ0v) is 12.2.